The van der Waals surface area contributed by atoms with Crippen LogP contribution in [0.25, 0.3) is 0 Å². The van der Waals surface area contributed by atoms with Crippen molar-refractivity contribution in [2.75, 3.05) is 18.6 Å². The third kappa shape index (κ3) is 3.21. The number of rotatable bonds is 5. The van der Waals surface area contributed by atoms with E-state index in [2.05, 4.69) is 9.72 Å². The Morgan fingerprint density at radius 3 is 2.70 bits per heavy atom. The fourth-order valence-electron chi connectivity index (χ4n) is 2.37. The van der Waals surface area contributed by atoms with Gasteiger partial charge < -0.3 is 15.4 Å². The van der Waals surface area contributed by atoms with Gasteiger partial charge in [-0.05, 0) is 12.8 Å². The topological polar surface area (TPSA) is 85.5 Å². The zero-order valence-corrected chi connectivity index (χ0v) is 12.7. The highest BCUT2D eigenvalue weighted by atomic mass is 35.5. The van der Waals surface area contributed by atoms with Gasteiger partial charge in [0, 0.05) is 6.04 Å². The molecule has 2 N–H and O–H groups in total. The molecule has 2 rings (SSSR count). The quantitative estimate of drug-likeness (QED) is 0.837. The lowest BCUT2D eigenvalue weighted by atomic mass is 10.2. The lowest BCUT2D eigenvalue weighted by Crippen LogP contribution is -2.40. The van der Waals surface area contributed by atoms with Gasteiger partial charge in [0.15, 0.2) is 15.2 Å². The molecule has 1 amide bonds. The van der Waals surface area contributed by atoms with Gasteiger partial charge in [0.1, 0.15) is 0 Å². The number of amides is 1. The molecule has 8 heteroatoms. The first-order valence-electron chi connectivity index (χ1n) is 6.32. The summed E-state index contributed by atoms with van der Waals surface area (Å²) in [7, 11) is 1.29. The van der Waals surface area contributed by atoms with Gasteiger partial charge in [-0.3, -0.25) is 4.79 Å². The van der Waals surface area contributed by atoms with Gasteiger partial charge >= 0.3 is 5.97 Å². The first-order valence-corrected chi connectivity index (χ1v) is 7.52. The first-order chi connectivity index (χ1) is 9.52. The average molecular weight is 318 g/mol. The molecule has 0 atom stereocenters. The maximum Gasteiger partial charge on any atom is 0.351 e. The smallest absolute Gasteiger partial charge is 0.351 e. The van der Waals surface area contributed by atoms with Crippen molar-refractivity contribution in [1.29, 1.82) is 0 Å². The number of carbonyl (C=O) groups is 2. The second kappa shape index (κ2) is 6.41. The lowest BCUT2D eigenvalue weighted by molar-refractivity contribution is -0.116. The Morgan fingerprint density at radius 2 is 2.15 bits per heavy atom. The molecule has 1 saturated carbocycles. The van der Waals surface area contributed by atoms with E-state index in [1.165, 1.54) is 7.11 Å². The van der Waals surface area contributed by atoms with Crippen LogP contribution >= 0.6 is 22.9 Å². The first kappa shape index (κ1) is 15.1. The minimum absolute atomic E-state index is 0.0785. The fraction of sp³-hybridized carbons (Fsp3) is 0.583. The summed E-state index contributed by atoms with van der Waals surface area (Å²) in [4.78, 5) is 29.1. The van der Waals surface area contributed by atoms with Gasteiger partial charge in [-0.2, -0.15) is 0 Å². The average Bonchev–Trinajstić information content (AvgIpc) is 3.04. The van der Waals surface area contributed by atoms with Crippen molar-refractivity contribution in [2.45, 2.75) is 31.7 Å². The fourth-order valence-corrected chi connectivity index (χ4v) is 3.64. The normalized spacial score (nSPS) is 15.3. The Labute approximate surface area is 125 Å². The van der Waals surface area contributed by atoms with E-state index >= 15 is 0 Å². The summed E-state index contributed by atoms with van der Waals surface area (Å²) in [6.07, 6.45) is 4.20. The molecule has 6 nitrogen and oxygen atoms in total. The van der Waals surface area contributed by atoms with E-state index in [1.807, 2.05) is 4.90 Å². The van der Waals surface area contributed by atoms with Crippen LogP contribution in [0.3, 0.4) is 0 Å². The van der Waals surface area contributed by atoms with Gasteiger partial charge in [0.25, 0.3) is 0 Å². The monoisotopic (exact) mass is 317 g/mol. The maximum atomic E-state index is 11.6. The van der Waals surface area contributed by atoms with Gasteiger partial charge in [0.2, 0.25) is 5.91 Å². The molecule has 0 spiro atoms. The van der Waals surface area contributed by atoms with Gasteiger partial charge in [-0.15, -0.1) is 0 Å². The number of anilines is 1. The Hall–Kier alpha value is -1.34. The lowest BCUT2D eigenvalue weighted by Gasteiger charge is -2.26. The molecular formula is C12H16ClN3O3S. The minimum Gasteiger partial charge on any atom is -0.465 e. The predicted molar refractivity (Wildman–Crippen MR) is 77.3 cm³/mol. The number of nitrogens with zero attached hydrogens (tertiary/aromatic N) is 2. The van der Waals surface area contributed by atoms with Crippen molar-refractivity contribution in [1.82, 2.24) is 4.98 Å². The summed E-state index contributed by atoms with van der Waals surface area (Å²) in [5.41, 5.74) is 5.30. The second-order valence-electron chi connectivity index (χ2n) is 4.64. The number of hydrogen-bond acceptors (Lipinski definition) is 6. The zero-order chi connectivity index (χ0) is 14.7. The van der Waals surface area contributed by atoms with Crippen molar-refractivity contribution >= 4 is 39.9 Å². The van der Waals surface area contributed by atoms with Crippen LogP contribution in [0.1, 0.15) is 35.4 Å². The third-order valence-electron chi connectivity index (χ3n) is 3.28. The van der Waals surface area contributed by atoms with Gasteiger partial charge in [0.05, 0.1) is 13.7 Å². The molecule has 0 unspecified atom stereocenters. The highest BCUT2D eigenvalue weighted by Gasteiger charge is 2.28. The van der Waals surface area contributed by atoms with Crippen LogP contribution in [0.15, 0.2) is 0 Å². The van der Waals surface area contributed by atoms with Crippen molar-refractivity contribution in [3.63, 3.8) is 0 Å². The van der Waals surface area contributed by atoms with Crippen molar-refractivity contribution in [3.05, 3.63) is 10.0 Å². The summed E-state index contributed by atoms with van der Waals surface area (Å²) >= 11 is 7.09. The van der Waals surface area contributed by atoms with E-state index in [0.717, 1.165) is 37.0 Å². The Balaban J connectivity index is 2.28. The van der Waals surface area contributed by atoms with Crippen LogP contribution in [0.2, 0.25) is 5.15 Å². The van der Waals surface area contributed by atoms with E-state index in [9.17, 15) is 9.59 Å². The summed E-state index contributed by atoms with van der Waals surface area (Å²) in [6.45, 7) is 0.0785. The van der Waals surface area contributed by atoms with Crippen LogP contribution in [0.4, 0.5) is 5.13 Å². The van der Waals surface area contributed by atoms with Crippen LogP contribution in [0.5, 0.6) is 0 Å². The number of halogens is 1. The number of nitrogens with two attached hydrogens (primary N) is 1. The van der Waals surface area contributed by atoms with E-state index in [-0.39, 0.29) is 22.6 Å². The molecule has 0 saturated heterocycles. The Kier molecular flexibility index (Phi) is 4.82. The largest absolute Gasteiger partial charge is 0.465 e. The molecule has 1 aliphatic rings. The number of aromatic nitrogens is 1. The third-order valence-corrected chi connectivity index (χ3v) is 4.74. The number of esters is 1. The minimum atomic E-state index is -0.524. The summed E-state index contributed by atoms with van der Waals surface area (Å²) < 4.78 is 4.65. The molecule has 20 heavy (non-hydrogen) atoms. The standard InChI is InChI=1S/C12H16ClN3O3S/c1-19-11(18)9-10(13)15-12(20-9)16(6-8(14)17)7-4-2-3-5-7/h7H,2-6H2,1H3,(H2,14,17). The van der Waals surface area contributed by atoms with Crippen molar-refractivity contribution in [3.8, 4) is 0 Å². The van der Waals surface area contributed by atoms with Gasteiger partial charge in [-0.25, -0.2) is 9.78 Å². The molecular weight excluding hydrogens is 302 g/mol. The molecule has 1 aromatic rings. The number of methoxy groups -OCH3 is 1. The molecule has 0 bridgehead atoms. The van der Waals surface area contributed by atoms with Crippen LogP contribution in [-0.2, 0) is 9.53 Å². The van der Waals surface area contributed by atoms with E-state index in [1.54, 1.807) is 0 Å². The predicted octanol–water partition coefficient (Wildman–Crippen LogP) is 1.82. The molecule has 0 aromatic carbocycles. The van der Waals surface area contributed by atoms with Crippen LogP contribution in [-0.4, -0.2) is 36.6 Å². The maximum absolute atomic E-state index is 11.6. The molecule has 1 aromatic heterocycles. The second-order valence-corrected chi connectivity index (χ2v) is 5.98. The number of primary amides is 1. The highest BCUT2D eigenvalue weighted by Crippen LogP contribution is 2.34. The number of ether oxygens (including phenoxy) is 1. The summed E-state index contributed by atoms with van der Waals surface area (Å²) in [5.74, 6) is -0.952. The van der Waals surface area contributed by atoms with E-state index in [4.69, 9.17) is 17.3 Å². The van der Waals surface area contributed by atoms with Crippen LogP contribution < -0.4 is 10.6 Å². The highest BCUT2D eigenvalue weighted by molar-refractivity contribution is 7.18. The molecule has 0 radical (unpaired) electrons. The Bertz CT molecular complexity index is 514. The summed E-state index contributed by atoms with van der Waals surface area (Å²) in [6, 6.07) is 0.218. The molecule has 1 aliphatic carbocycles. The van der Waals surface area contributed by atoms with Crippen LogP contribution in [0, 0.1) is 0 Å². The van der Waals surface area contributed by atoms with Crippen molar-refractivity contribution in [2.24, 2.45) is 5.73 Å². The molecule has 1 fully saturated rings. The number of carbonyl (C=O) groups excluding carboxylic acids is 2. The molecule has 0 aliphatic heterocycles. The van der Waals surface area contributed by atoms with E-state index in [0.29, 0.717) is 5.13 Å². The van der Waals surface area contributed by atoms with Gasteiger partial charge in [-0.1, -0.05) is 35.8 Å². The summed E-state index contributed by atoms with van der Waals surface area (Å²) in [5, 5.41) is 0.644. The zero-order valence-electron chi connectivity index (χ0n) is 11.1. The molecule has 110 valence electrons. The van der Waals surface area contributed by atoms with Crippen molar-refractivity contribution < 1.29 is 14.3 Å². The Morgan fingerprint density at radius 1 is 1.50 bits per heavy atom. The number of hydrogen-bond donors (Lipinski definition) is 1. The molecule has 1 heterocycles. The van der Waals surface area contributed by atoms with E-state index < -0.39 is 11.9 Å². The SMILES string of the molecule is COC(=O)c1sc(N(CC(N)=O)C2CCCC2)nc1Cl. The number of thiazole rings is 1.